The Morgan fingerprint density at radius 3 is 2.67 bits per heavy atom. The molecule has 106 valence electrons. The Labute approximate surface area is 123 Å². The van der Waals surface area contributed by atoms with Gasteiger partial charge >= 0.3 is 0 Å². The van der Waals surface area contributed by atoms with Crippen molar-refractivity contribution in [2.24, 2.45) is 0 Å². The maximum Gasteiger partial charge on any atom is 0.123 e. The van der Waals surface area contributed by atoms with Crippen LogP contribution in [0.3, 0.4) is 0 Å². The number of nitrogens with one attached hydrogen (secondary N) is 1. The third-order valence-electron chi connectivity index (χ3n) is 3.40. The maximum atomic E-state index is 13.0. The Balaban J connectivity index is 1.78. The molecule has 0 saturated carbocycles. The van der Waals surface area contributed by atoms with Crippen molar-refractivity contribution in [1.82, 2.24) is 9.55 Å². The van der Waals surface area contributed by atoms with E-state index in [4.69, 9.17) is 0 Å². The van der Waals surface area contributed by atoms with E-state index in [9.17, 15) is 4.39 Å². The van der Waals surface area contributed by atoms with Crippen LogP contribution in [0.25, 0.3) is 5.69 Å². The molecule has 4 heteroatoms. The Hall–Kier alpha value is -2.62. The smallest absolute Gasteiger partial charge is 0.123 e. The van der Waals surface area contributed by atoms with Gasteiger partial charge in [-0.3, -0.25) is 0 Å². The molecule has 3 rings (SSSR count). The van der Waals surface area contributed by atoms with E-state index in [2.05, 4.69) is 23.3 Å². The minimum atomic E-state index is -0.215. The summed E-state index contributed by atoms with van der Waals surface area (Å²) in [4.78, 5) is 4.05. The molecule has 1 aromatic heterocycles. The highest BCUT2D eigenvalue weighted by Gasteiger charge is 2.06. The molecular formula is C17H16FN3. The number of benzene rings is 2. The second-order valence-corrected chi connectivity index (χ2v) is 4.94. The van der Waals surface area contributed by atoms with Crippen LogP contribution < -0.4 is 5.32 Å². The minimum absolute atomic E-state index is 0.101. The molecular weight excluding hydrogens is 265 g/mol. The largest absolute Gasteiger partial charge is 0.378 e. The second kappa shape index (κ2) is 5.79. The summed E-state index contributed by atoms with van der Waals surface area (Å²) in [5.41, 5.74) is 3.10. The van der Waals surface area contributed by atoms with Crippen molar-refractivity contribution in [1.29, 1.82) is 0 Å². The molecule has 0 spiro atoms. The van der Waals surface area contributed by atoms with Gasteiger partial charge in [0.05, 0.1) is 6.33 Å². The van der Waals surface area contributed by atoms with E-state index in [1.54, 1.807) is 24.7 Å². The zero-order valence-corrected chi connectivity index (χ0v) is 11.7. The number of aromatic nitrogens is 2. The second-order valence-electron chi connectivity index (χ2n) is 4.94. The number of rotatable bonds is 4. The van der Waals surface area contributed by atoms with Crippen LogP contribution in [-0.2, 0) is 0 Å². The molecule has 1 atom stereocenters. The molecule has 0 aliphatic carbocycles. The van der Waals surface area contributed by atoms with Gasteiger partial charge in [0.25, 0.3) is 0 Å². The molecule has 3 aromatic rings. The molecule has 0 saturated heterocycles. The summed E-state index contributed by atoms with van der Waals surface area (Å²) < 4.78 is 14.9. The van der Waals surface area contributed by atoms with Gasteiger partial charge in [0.15, 0.2) is 0 Å². The zero-order valence-electron chi connectivity index (χ0n) is 11.7. The van der Waals surface area contributed by atoms with E-state index in [0.29, 0.717) is 0 Å². The molecule has 0 bridgehead atoms. The third-order valence-corrected chi connectivity index (χ3v) is 3.40. The van der Waals surface area contributed by atoms with Gasteiger partial charge in [0.1, 0.15) is 5.82 Å². The van der Waals surface area contributed by atoms with Crippen LogP contribution in [0.1, 0.15) is 18.5 Å². The van der Waals surface area contributed by atoms with Crippen molar-refractivity contribution in [3.8, 4) is 5.69 Å². The van der Waals surface area contributed by atoms with Crippen molar-refractivity contribution in [3.05, 3.63) is 78.6 Å². The molecule has 0 fully saturated rings. The Morgan fingerprint density at radius 1 is 1.14 bits per heavy atom. The van der Waals surface area contributed by atoms with Gasteiger partial charge in [-0.25, -0.2) is 9.37 Å². The van der Waals surface area contributed by atoms with Crippen LogP contribution in [0.15, 0.2) is 67.3 Å². The van der Waals surface area contributed by atoms with Crippen LogP contribution in [0.5, 0.6) is 0 Å². The van der Waals surface area contributed by atoms with E-state index in [-0.39, 0.29) is 11.9 Å². The maximum absolute atomic E-state index is 13.0. The fraction of sp³-hybridized carbons (Fsp3) is 0.118. The number of hydrogen-bond donors (Lipinski definition) is 1. The molecule has 3 nitrogen and oxygen atoms in total. The molecule has 1 heterocycles. The Kier molecular flexibility index (Phi) is 3.69. The van der Waals surface area contributed by atoms with Gasteiger partial charge in [-0.1, -0.05) is 18.2 Å². The standard InChI is InChI=1S/C17H16FN3/c1-13(14-5-7-15(18)8-6-14)20-16-3-2-4-17(11-16)21-10-9-19-12-21/h2-13,20H,1H3. The lowest BCUT2D eigenvalue weighted by Crippen LogP contribution is -2.07. The topological polar surface area (TPSA) is 29.9 Å². The Morgan fingerprint density at radius 2 is 1.95 bits per heavy atom. The monoisotopic (exact) mass is 281 g/mol. The van der Waals surface area contributed by atoms with Crippen LogP contribution in [0, 0.1) is 5.82 Å². The first-order valence-corrected chi connectivity index (χ1v) is 6.83. The molecule has 0 amide bonds. The quantitative estimate of drug-likeness (QED) is 0.777. The van der Waals surface area contributed by atoms with Gasteiger partial charge in [0, 0.05) is 29.8 Å². The lowest BCUT2D eigenvalue weighted by atomic mass is 10.1. The van der Waals surface area contributed by atoms with Gasteiger partial charge < -0.3 is 9.88 Å². The fourth-order valence-electron chi connectivity index (χ4n) is 2.25. The van der Waals surface area contributed by atoms with Crippen LogP contribution in [0.2, 0.25) is 0 Å². The lowest BCUT2D eigenvalue weighted by molar-refractivity contribution is 0.626. The third kappa shape index (κ3) is 3.11. The predicted octanol–water partition coefficient (Wildman–Crippen LogP) is 4.18. The summed E-state index contributed by atoms with van der Waals surface area (Å²) in [6.45, 7) is 2.05. The van der Waals surface area contributed by atoms with Crippen molar-refractivity contribution < 1.29 is 4.39 Å². The highest BCUT2D eigenvalue weighted by atomic mass is 19.1. The summed E-state index contributed by atoms with van der Waals surface area (Å²) in [7, 11) is 0. The van der Waals surface area contributed by atoms with Crippen molar-refractivity contribution >= 4 is 5.69 Å². The molecule has 0 aliphatic rings. The lowest BCUT2D eigenvalue weighted by Gasteiger charge is -2.16. The van der Waals surface area contributed by atoms with E-state index >= 15 is 0 Å². The average molecular weight is 281 g/mol. The number of nitrogens with zero attached hydrogens (tertiary/aromatic N) is 2. The van der Waals surface area contributed by atoms with Crippen molar-refractivity contribution in [2.45, 2.75) is 13.0 Å². The average Bonchev–Trinajstić information content (AvgIpc) is 3.02. The predicted molar refractivity (Wildman–Crippen MR) is 82.0 cm³/mol. The van der Waals surface area contributed by atoms with Crippen LogP contribution in [-0.4, -0.2) is 9.55 Å². The van der Waals surface area contributed by atoms with Gasteiger partial charge in [-0.2, -0.15) is 0 Å². The molecule has 0 radical (unpaired) electrons. The van der Waals surface area contributed by atoms with E-state index in [1.807, 2.05) is 29.0 Å². The molecule has 21 heavy (non-hydrogen) atoms. The van der Waals surface area contributed by atoms with E-state index in [1.165, 1.54) is 12.1 Å². The summed E-state index contributed by atoms with van der Waals surface area (Å²) in [5, 5.41) is 3.42. The molecule has 1 unspecified atom stereocenters. The first-order chi connectivity index (χ1) is 10.2. The molecule has 0 aliphatic heterocycles. The van der Waals surface area contributed by atoms with Gasteiger partial charge in [-0.05, 0) is 42.8 Å². The number of halogens is 1. The summed E-state index contributed by atoms with van der Waals surface area (Å²) in [5.74, 6) is -0.215. The normalized spacial score (nSPS) is 12.1. The number of anilines is 1. The van der Waals surface area contributed by atoms with E-state index in [0.717, 1.165) is 16.9 Å². The van der Waals surface area contributed by atoms with Gasteiger partial charge in [-0.15, -0.1) is 0 Å². The highest BCUT2D eigenvalue weighted by Crippen LogP contribution is 2.21. The zero-order chi connectivity index (χ0) is 14.7. The summed E-state index contributed by atoms with van der Waals surface area (Å²) in [6, 6.07) is 14.8. The van der Waals surface area contributed by atoms with E-state index < -0.39 is 0 Å². The summed E-state index contributed by atoms with van der Waals surface area (Å²) in [6.07, 6.45) is 5.42. The van der Waals surface area contributed by atoms with Crippen LogP contribution >= 0.6 is 0 Å². The van der Waals surface area contributed by atoms with Gasteiger partial charge in [0.2, 0.25) is 0 Å². The highest BCUT2D eigenvalue weighted by molar-refractivity contribution is 5.52. The first kappa shape index (κ1) is 13.4. The fourth-order valence-corrected chi connectivity index (χ4v) is 2.25. The van der Waals surface area contributed by atoms with Crippen molar-refractivity contribution in [3.63, 3.8) is 0 Å². The van der Waals surface area contributed by atoms with Crippen LogP contribution in [0.4, 0.5) is 10.1 Å². The number of imidazole rings is 1. The number of hydrogen-bond acceptors (Lipinski definition) is 2. The Bertz CT molecular complexity index is 705. The first-order valence-electron chi connectivity index (χ1n) is 6.83. The summed E-state index contributed by atoms with van der Waals surface area (Å²) >= 11 is 0. The van der Waals surface area contributed by atoms with Crippen molar-refractivity contribution in [2.75, 3.05) is 5.32 Å². The molecule has 1 N–H and O–H groups in total. The minimum Gasteiger partial charge on any atom is -0.378 e. The molecule has 2 aromatic carbocycles. The SMILES string of the molecule is CC(Nc1cccc(-n2ccnc2)c1)c1ccc(F)cc1.